The third-order valence-electron chi connectivity index (χ3n) is 4.55. The lowest BCUT2D eigenvalue weighted by Gasteiger charge is -2.26. The first-order valence-corrected chi connectivity index (χ1v) is 8.65. The molecule has 1 aliphatic heterocycles. The second-order valence-corrected chi connectivity index (χ2v) is 7.65. The predicted molar refractivity (Wildman–Crippen MR) is 85.4 cm³/mol. The minimum absolute atomic E-state index is 0.154. The Labute approximate surface area is 129 Å². The fourth-order valence-electron chi connectivity index (χ4n) is 3.36. The molecule has 1 aliphatic carbocycles. The molecule has 0 radical (unpaired) electrons. The number of carbonyl (C=O) groups excluding carboxylic acids is 1. The Balaban J connectivity index is 1.72. The van der Waals surface area contributed by atoms with Crippen LogP contribution in [0.1, 0.15) is 65.7 Å². The maximum Gasteiger partial charge on any atom is 0.410 e. The first kappa shape index (κ1) is 16.6. The Bertz CT molecular complexity index is 332. The van der Waals surface area contributed by atoms with Gasteiger partial charge in [0, 0.05) is 19.1 Å². The molecule has 4 heteroatoms. The number of amides is 1. The molecule has 0 aromatic rings. The zero-order valence-electron chi connectivity index (χ0n) is 14.0. The number of carbonyl (C=O) groups is 1. The maximum absolute atomic E-state index is 12.1. The summed E-state index contributed by atoms with van der Waals surface area (Å²) in [5.41, 5.74) is -0.399. The van der Waals surface area contributed by atoms with Crippen molar-refractivity contribution in [2.45, 2.75) is 77.4 Å². The van der Waals surface area contributed by atoms with Gasteiger partial charge in [-0.05, 0) is 65.3 Å². The van der Waals surface area contributed by atoms with E-state index in [0.29, 0.717) is 6.04 Å². The van der Waals surface area contributed by atoms with Crippen LogP contribution in [0.3, 0.4) is 0 Å². The Morgan fingerprint density at radius 3 is 2.48 bits per heavy atom. The second kappa shape index (κ2) is 7.48. The summed E-state index contributed by atoms with van der Waals surface area (Å²) in [5, 5.41) is 3.73. The standard InChI is InChI=1S/C17H32N2O2/c1-17(2,3)21-16(20)19-11-6-9-15(10-12-19)18-13-14-7-4-5-8-14/h14-15,18H,4-13H2,1-3H3. The van der Waals surface area contributed by atoms with Crippen LogP contribution in [0.25, 0.3) is 0 Å². The lowest BCUT2D eigenvalue weighted by atomic mass is 10.1. The SMILES string of the molecule is CC(C)(C)OC(=O)N1CCCC(NCC2CCCC2)CC1. The first-order valence-electron chi connectivity index (χ1n) is 8.65. The van der Waals surface area contributed by atoms with Gasteiger partial charge >= 0.3 is 6.09 Å². The van der Waals surface area contributed by atoms with E-state index in [0.717, 1.165) is 38.4 Å². The van der Waals surface area contributed by atoms with E-state index in [1.165, 1.54) is 32.1 Å². The van der Waals surface area contributed by atoms with Gasteiger partial charge < -0.3 is 15.0 Å². The van der Waals surface area contributed by atoms with Crippen molar-refractivity contribution in [3.63, 3.8) is 0 Å². The molecule has 0 spiro atoms. The molecule has 1 amide bonds. The molecule has 122 valence electrons. The fourth-order valence-corrected chi connectivity index (χ4v) is 3.36. The normalized spacial score (nSPS) is 24.9. The molecule has 2 rings (SSSR count). The average molecular weight is 296 g/mol. The van der Waals surface area contributed by atoms with Crippen molar-refractivity contribution in [2.75, 3.05) is 19.6 Å². The van der Waals surface area contributed by atoms with Crippen molar-refractivity contribution < 1.29 is 9.53 Å². The summed E-state index contributed by atoms with van der Waals surface area (Å²) < 4.78 is 5.48. The topological polar surface area (TPSA) is 41.6 Å². The maximum atomic E-state index is 12.1. The predicted octanol–water partition coefficient (Wildman–Crippen LogP) is 3.56. The molecule has 1 atom stereocenters. The Kier molecular flexibility index (Phi) is 5.91. The third kappa shape index (κ3) is 5.85. The molecule has 1 heterocycles. The molecule has 0 bridgehead atoms. The molecular formula is C17H32N2O2. The van der Waals surface area contributed by atoms with Crippen LogP contribution in [0, 0.1) is 5.92 Å². The molecule has 0 aromatic carbocycles. The highest BCUT2D eigenvalue weighted by Gasteiger charge is 2.25. The van der Waals surface area contributed by atoms with Gasteiger partial charge in [0.05, 0.1) is 0 Å². The van der Waals surface area contributed by atoms with Gasteiger partial charge in [-0.25, -0.2) is 4.79 Å². The van der Waals surface area contributed by atoms with Crippen molar-refractivity contribution in [1.29, 1.82) is 0 Å². The second-order valence-electron chi connectivity index (χ2n) is 7.65. The van der Waals surface area contributed by atoms with Crippen molar-refractivity contribution in [3.05, 3.63) is 0 Å². The van der Waals surface area contributed by atoms with E-state index in [2.05, 4.69) is 5.32 Å². The molecule has 1 unspecified atom stereocenters. The van der Waals surface area contributed by atoms with E-state index in [9.17, 15) is 4.79 Å². The Morgan fingerprint density at radius 2 is 1.81 bits per heavy atom. The van der Waals surface area contributed by atoms with Crippen LogP contribution < -0.4 is 5.32 Å². The van der Waals surface area contributed by atoms with Crippen molar-refractivity contribution >= 4 is 6.09 Å². The summed E-state index contributed by atoms with van der Waals surface area (Å²) >= 11 is 0. The molecule has 4 nitrogen and oxygen atoms in total. The van der Waals surface area contributed by atoms with E-state index in [1.807, 2.05) is 25.7 Å². The van der Waals surface area contributed by atoms with Crippen LogP contribution in [-0.4, -0.2) is 42.3 Å². The number of ether oxygens (including phenoxy) is 1. The van der Waals surface area contributed by atoms with Crippen LogP contribution in [0.15, 0.2) is 0 Å². The van der Waals surface area contributed by atoms with Crippen molar-refractivity contribution in [2.24, 2.45) is 5.92 Å². The highest BCUT2D eigenvalue weighted by molar-refractivity contribution is 5.68. The van der Waals surface area contributed by atoms with E-state index < -0.39 is 5.60 Å². The molecule has 21 heavy (non-hydrogen) atoms. The highest BCUT2D eigenvalue weighted by Crippen LogP contribution is 2.24. The Morgan fingerprint density at radius 1 is 1.10 bits per heavy atom. The molecule has 0 aromatic heterocycles. The van der Waals surface area contributed by atoms with E-state index in [1.54, 1.807) is 0 Å². The monoisotopic (exact) mass is 296 g/mol. The number of nitrogens with zero attached hydrogens (tertiary/aromatic N) is 1. The fraction of sp³-hybridized carbons (Fsp3) is 0.941. The van der Waals surface area contributed by atoms with Crippen LogP contribution in [0.5, 0.6) is 0 Å². The summed E-state index contributed by atoms with van der Waals surface area (Å²) in [6.45, 7) is 8.59. The molecule has 2 aliphatic rings. The van der Waals surface area contributed by atoms with Gasteiger partial charge in [0.2, 0.25) is 0 Å². The van der Waals surface area contributed by atoms with E-state index in [4.69, 9.17) is 4.74 Å². The lowest BCUT2D eigenvalue weighted by molar-refractivity contribution is 0.0256. The number of likely N-dealkylation sites (tertiary alicyclic amines) is 1. The van der Waals surface area contributed by atoms with E-state index >= 15 is 0 Å². The summed E-state index contributed by atoms with van der Waals surface area (Å²) in [5.74, 6) is 0.884. The smallest absolute Gasteiger partial charge is 0.410 e. The van der Waals surface area contributed by atoms with E-state index in [-0.39, 0.29) is 6.09 Å². The lowest BCUT2D eigenvalue weighted by Crippen LogP contribution is -2.38. The van der Waals surface area contributed by atoms with Crippen LogP contribution in [0.4, 0.5) is 4.79 Å². The number of nitrogens with one attached hydrogen (secondary N) is 1. The summed E-state index contributed by atoms with van der Waals surface area (Å²) in [4.78, 5) is 14.0. The largest absolute Gasteiger partial charge is 0.444 e. The number of hydrogen-bond donors (Lipinski definition) is 1. The van der Waals surface area contributed by atoms with Crippen LogP contribution in [-0.2, 0) is 4.74 Å². The van der Waals surface area contributed by atoms with Crippen LogP contribution in [0.2, 0.25) is 0 Å². The van der Waals surface area contributed by atoms with Crippen LogP contribution >= 0.6 is 0 Å². The number of hydrogen-bond acceptors (Lipinski definition) is 3. The summed E-state index contributed by atoms with van der Waals surface area (Å²) in [7, 11) is 0. The van der Waals surface area contributed by atoms with Gasteiger partial charge in [0.25, 0.3) is 0 Å². The van der Waals surface area contributed by atoms with Crippen molar-refractivity contribution in [1.82, 2.24) is 10.2 Å². The summed E-state index contributed by atoms with van der Waals surface area (Å²) in [6.07, 6.45) is 8.74. The molecule has 1 saturated carbocycles. The minimum atomic E-state index is -0.399. The molecular weight excluding hydrogens is 264 g/mol. The van der Waals surface area contributed by atoms with Gasteiger partial charge in [-0.3, -0.25) is 0 Å². The molecule has 1 N–H and O–H groups in total. The third-order valence-corrected chi connectivity index (χ3v) is 4.55. The minimum Gasteiger partial charge on any atom is -0.444 e. The molecule has 2 fully saturated rings. The van der Waals surface area contributed by atoms with Crippen molar-refractivity contribution in [3.8, 4) is 0 Å². The van der Waals surface area contributed by atoms with Gasteiger partial charge in [0.1, 0.15) is 5.60 Å². The quantitative estimate of drug-likeness (QED) is 0.866. The average Bonchev–Trinajstić information content (AvgIpc) is 2.78. The molecule has 1 saturated heterocycles. The van der Waals surface area contributed by atoms with Gasteiger partial charge in [-0.15, -0.1) is 0 Å². The highest BCUT2D eigenvalue weighted by atomic mass is 16.6. The van der Waals surface area contributed by atoms with Gasteiger partial charge in [0.15, 0.2) is 0 Å². The van der Waals surface area contributed by atoms with Gasteiger partial charge in [-0.2, -0.15) is 0 Å². The Hall–Kier alpha value is -0.770. The zero-order chi connectivity index (χ0) is 15.3. The zero-order valence-corrected chi connectivity index (χ0v) is 14.0. The van der Waals surface area contributed by atoms with Gasteiger partial charge in [-0.1, -0.05) is 12.8 Å². The first-order chi connectivity index (χ1) is 9.94. The summed E-state index contributed by atoms with van der Waals surface area (Å²) in [6, 6.07) is 0.568. The number of rotatable bonds is 3.